The molecule has 10 heteroatoms. The van der Waals surface area contributed by atoms with Crippen molar-refractivity contribution in [3.63, 3.8) is 0 Å². The number of nitrogens with zero attached hydrogens (tertiary/aromatic N) is 5. The smallest absolute Gasteiger partial charge is 0.201 e. The highest BCUT2D eigenvalue weighted by Gasteiger charge is 2.41. The van der Waals surface area contributed by atoms with Gasteiger partial charge in [0.2, 0.25) is 5.78 Å². The fourth-order valence-corrected chi connectivity index (χ4v) is 5.36. The maximum Gasteiger partial charge on any atom is 0.201 e. The molecule has 10 nitrogen and oxygen atoms in total. The molecule has 3 N–H and O–H groups in total. The topological polar surface area (TPSA) is 109 Å². The van der Waals surface area contributed by atoms with E-state index in [4.69, 9.17) is 19.7 Å². The molecule has 0 bridgehead atoms. The molecule has 0 atom stereocenters. The maximum atomic E-state index is 13.5. The van der Waals surface area contributed by atoms with Gasteiger partial charge >= 0.3 is 0 Å². The predicted octanol–water partition coefficient (Wildman–Crippen LogP) is 2.48. The Bertz CT molecular complexity index is 1230. The largest absolute Gasteiger partial charge is 0.378 e. The van der Waals surface area contributed by atoms with Crippen LogP contribution in [-0.2, 0) is 17.4 Å². The zero-order valence-corrected chi connectivity index (χ0v) is 20.3. The van der Waals surface area contributed by atoms with Gasteiger partial charge in [0.15, 0.2) is 34.3 Å². The number of imidazole rings is 1. The van der Waals surface area contributed by atoms with Crippen molar-refractivity contribution in [1.29, 1.82) is 0 Å². The summed E-state index contributed by atoms with van der Waals surface area (Å²) in [7, 11) is 1.90. The van der Waals surface area contributed by atoms with Gasteiger partial charge in [0.05, 0.1) is 24.6 Å². The van der Waals surface area contributed by atoms with E-state index in [9.17, 15) is 4.79 Å². The summed E-state index contributed by atoms with van der Waals surface area (Å²) in [6.07, 6.45) is 2.40. The Morgan fingerprint density at radius 3 is 2.43 bits per heavy atom. The molecule has 2 aromatic heterocycles. The van der Waals surface area contributed by atoms with Crippen molar-refractivity contribution >= 4 is 34.1 Å². The lowest BCUT2D eigenvalue weighted by atomic mass is 9.93. The molecule has 184 valence electrons. The van der Waals surface area contributed by atoms with Crippen LogP contribution in [-0.4, -0.2) is 64.7 Å². The highest BCUT2D eigenvalue weighted by atomic mass is 16.5. The molecule has 35 heavy (non-hydrogen) atoms. The SMILES string of the molecule is CCC1(c2nc(N3CCOCC3)c3nc(C(=O)C4CCNCC4)n(C)c3n2)Nc2ccccc2N1. The average molecular weight is 477 g/mol. The number of piperidine rings is 1. The van der Waals surface area contributed by atoms with Crippen LogP contribution in [0.25, 0.3) is 11.2 Å². The van der Waals surface area contributed by atoms with Gasteiger partial charge < -0.3 is 30.2 Å². The van der Waals surface area contributed by atoms with Crippen LogP contribution in [0.3, 0.4) is 0 Å². The number of ether oxygens (including phenoxy) is 1. The molecular weight excluding hydrogens is 444 g/mol. The zero-order chi connectivity index (χ0) is 24.0. The highest BCUT2D eigenvalue weighted by Crippen LogP contribution is 2.41. The van der Waals surface area contributed by atoms with E-state index in [0.717, 1.165) is 62.6 Å². The summed E-state index contributed by atoms with van der Waals surface area (Å²) < 4.78 is 7.46. The number of anilines is 3. The summed E-state index contributed by atoms with van der Waals surface area (Å²) >= 11 is 0. The van der Waals surface area contributed by atoms with Crippen molar-refractivity contribution in [2.75, 3.05) is 54.9 Å². The van der Waals surface area contributed by atoms with E-state index in [2.05, 4.69) is 39.9 Å². The fourth-order valence-electron chi connectivity index (χ4n) is 5.36. The summed E-state index contributed by atoms with van der Waals surface area (Å²) in [5, 5.41) is 10.6. The summed E-state index contributed by atoms with van der Waals surface area (Å²) in [4.78, 5) is 30.7. The molecule has 2 saturated heterocycles. The summed E-state index contributed by atoms with van der Waals surface area (Å²) in [6, 6.07) is 8.15. The van der Waals surface area contributed by atoms with E-state index in [0.29, 0.717) is 36.0 Å². The summed E-state index contributed by atoms with van der Waals surface area (Å²) in [5.41, 5.74) is 2.76. The number of benzene rings is 1. The van der Waals surface area contributed by atoms with Crippen molar-refractivity contribution in [2.45, 2.75) is 31.8 Å². The second-order valence-electron chi connectivity index (χ2n) is 9.58. The third kappa shape index (κ3) is 3.71. The zero-order valence-electron chi connectivity index (χ0n) is 20.3. The van der Waals surface area contributed by atoms with Crippen molar-refractivity contribution in [3.05, 3.63) is 35.9 Å². The van der Waals surface area contributed by atoms with Gasteiger partial charge in [0, 0.05) is 26.1 Å². The summed E-state index contributed by atoms with van der Waals surface area (Å²) in [6.45, 7) is 6.55. The average Bonchev–Trinajstić information content (AvgIpc) is 3.47. The lowest BCUT2D eigenvalue weighted by Crippen LogP contribution is -2.41. The first-order chi connectivity index (χ1) is 17.1. The van der Waals surface area contributed by atoms with Gasteiger partial charge in [-0.15, -0.1) is 0 Å². The Balaban J connectivity index is 1.48. The van der Waals surface area contributed by atoms with E-state index < -0.39 is 5.66 Å². The number of hydrogen-bond acceptors (Lipinski definition) is 9. The lowest BCUT2D eigenvalue weighted by molar-refractivity contribution is 0.0881. The van der Waals surface area contributed by atoms with Crippen molar-refractivity contribution in [3.8, 4) is 0 Å². The van der Waals surface area contributed by atoms with Crippen LogP contribution in [0.2, 0.25) is 0 Å². The van der Waals surface area contributed by atoms with Gasteiger partial charge in [-0.05, 0) is 44.5 Å². The minimum Gasteiger partial charge on any atom is -0.378 e. The van der Waals surface area contributed by atoms with E-state index in [1.54, 1.807) is 0 Å². The highest BCUT2D eigenvalue weighted by molar-refractivity contribution is 5.99. The Kier molecular flexibility index (Phi) is 5.57. The van der Waals surface area contributed by atoms with Gasteiger partial charge in [-0.1, -0.05) is 19.1 Å². The Labute approximate surface area is 204 Å². The molecule has 1 aromatic carbocycles. The first-order valence-electron chi connectivity index (χ1n) is 12.6. The van der Waals surface area contributed by atoms with Crippen molar-refractivity contribution < 1.29 is 9.53 Å². The number of morpholine rings is 1. The second-order valence-corrected chi connectivity index (χ2v) is 9.58. The Morgan fingerprint density at radius 2 is 1.77 bits per heavy atom. The van der Waals surface area contributed by atoms with Crippen molar-refractivity contribution in [2.24, 2.45) is 13.0 Å². The van der Waals surface area contributed by atoms with Gasteiger partial charge in [-0.2, -0.15) is 0 Å². The molecule has 6 rings (SSSR count). The van der Waals surface area contributed by atoms with E-state index in [-0.39, 0.29) is 11.7 Å². The Hall–Kier alpha value is -3.24. The third-order valence-corrected chi connectivity index (χ3v) is 7.48. The molecule has 0 saturated carbocycles. The van der Waals surface area contributed by atoms with Crippen LogP contribution in [0.15, 0.2) is 24.3 Å². The Morgan fingerprint density at radius 1 is 1.09 bits per heavy atom. The number of aromatic nitrogens is 4. The second kappa shape index (κ2) is 8.76. The minimum absolute atomic E-state index is 0.0133. The number of rotatable bonds is 5. The first kappa shape index (κ1) is 22.2. The van der Waals surface area contributed by atoms with Gasteiger partial charge in [0.1, 0.15) is 0 Å². The van der Waals surface area contributed by atoms with Crippen LogP contribution in [0.5, 0.6) is 0 Å². The molecular formula is C25H32N8O2. The third-order valence-electron chi connectivity index (χ3n) is 7.48. The lowest BCUT2D eigenvalue weighted by Gasteiger charge is -2.31. The molecule has 3 aromatic rings. The number of carbonyl (C=O) groups excluding carboxylic acids is 1. The molecule has 3 aliphatic rings. The minimum atomic E-state index is -0.650. The number of para-hydroxylation sites is 2. The van der Waals surface area contributed by atoms with E-state index in [1.807, 2.05) is 23.7 Å². The first-order valence-corrected chi connectivity index (χ1v) is 12.6. The number of hydrogen-bond donors (Lipinski definition) is 3. The molecule has 0 amide bonds. The van der Waals surface area contributed by atoms with Crippen LogP contribution in [0, 0.1) is 5.92 Å². The molecule has 0 radical (unpaired) electrons. The van der Waals surface area contributed by atoms with E-state index in [1.165, 1.54) is 0 Å². The number of nitrogens with one attached hydrogen (secondary N) is 3. The molecule has 5 heterocycles. The fraction of sp³-hybridized carbons (Fsp3) is 0.520. The van der Waals surface area contributed by atoms with Crippen LogP contribution < -0.4 is 20.9 Å². The standard InChI is InChI=1S/C25H32N8O2/c1-3-25(30-17-6-4-5-7-18(17)31-25)24-28-21-19(22(29-24)33-12-14-35-15-13-33)27-23(32(21)2)20(34)16-8-10-26-11-9-16/h4-7,16,26,30-31H,3,8-15H2,1-2H3. The molecule has 0 unspecified atom stereocenters. The molecule has 3 aliphatic heterocycles. The summed E-state index contributed by atoms with van der Waals surface area (Å²) in [5.74, 6) is 1.96. The van der Waals surface area contributed by atoms with Gasteiger partial charge in [-0.3, -0.25) is 4.79 Å². The van der Waals surface area contributed by atoms with Crippen LogP contribution >= 0.6 is 0 Å². The monoisotopic (exact) mass is 476 g/mol. The number of Topliss-reactive ketones (excluding diaryl/α,β-unsaturated/α-hetero) is 1. The number of ketones is 1. The van der Waals surface area contributed by atoms with Crippen molar-refractivity contribution in [1.82, 2.24) is 24.8 Å². The number of aryl methyl sites for hydroxylation is 1. The number of carbonyl (C=O) groups is 1. The molecule has 2 fully saturated rings. The van der Waals surface area contributed by atoms with Crippen LogP contribution in [0.4, 0.5) is 17.2 Å². The van der Waals surface area contributed by atoms with Gasteiger partial charge in [0.25, 0.3) is 0 Å². The molecule has 0 spiro atoms. The van der Waals surface area contributed by atoms with Crippen LogP contribution in [0.1, 0.15) is 42.6 Å². The molecule has 0 aliphatic carbocycles. The normalized spacial score (nSPS) is 19.9. The van der Waals surface area contributed by atoms with E-state index >= 15 is 0 Å². The maximum absolute atomic E-state index is 13.5. The predicted molar refractivity (Wildman–Crippen MR) is 135 cm³/mol. The quantitative estimate of drug-likeness (QED) is 0.479. The number of fused-ring (bicyclic) bond motifs is 2. The van der Waals surface area contributed by atoms with Gasteiger partial charge in [-0.25, -0.2) is 15.0 Å².